The lowest BCUT2D eigenvalue weighted by atomic mass is 10.1. The Balaban J connectivity index is 1.99. The number of hydrogen-bond donors (Lipinski definition) is 1. The van der Waals surface area contributed by atoms with Crippen molar-refractivity contribution in [3.63, 3.8) is 0 Å². The number of hydrogen-bond acceptors (Lipinski definition) is 4. The molecule has 0 aliphatic carbocycles. The first-order valence-corrected chi connectivity index (χ1v) is 8.26. The molecule has 0 heterocycles. The Morgan fingerprint density at radius 2 is 1.84 bits per heavy atom. The third kappa shape index (κ3) is 5.80. The van der Waals surface area contributed by atoms with Gasteiger partial charge in [0, 0.05) is 6.54 Å². The molecule has 0 aromatic heterocycles. The van der Waals surface area contributed by atoms with Gasteiger partial charge in [-0.05, 0) is 44.3 Å². The molecular weight excluding hydrogens is 316 g/mol. The van der Waals surface area contributed by atoms with E-state index in [1.807, 2.05) is 74.4 Å². The summed E-state index contributed by atoms with van der Waals surface area (Å²) >= 11 is 0. The largest absolute Gasteiger partial charge is 0.493 e. The van der Waals surface area contributed by atoms with Crippen molar-refractivity contribution in [1.82, 2.24) is 10.2 Å². The summed E-state index contributed by atoms with van der Waals surface area (Å²) in [6.07, 6.45) is 0. The van der Waals surface area contributed by atoms with E-state index in [1.165, 1.54) is 0 Å². The molecule has 0 spiro atoms. The molecule has 2 aromatic rings. The third-order valence-corrected chi connectivity index (χ3v) is 3.76. The quantitative estimate of drug-likeness (QED) is 0.801. The molecule has 1 atom stereocenters. The Morgan fingerprint density at radius 3 is 2.48 bits per heavy atom. The first-order valence-electron chi connectivity index (χ1n) is 8.26. The fourth-order valence-corrected chi connectivity index (χ4v) is 2.56. The Bertz CT molecular complexity index is 687. The van der Waals surface area contributed by atoms with Gasteiger partial charge >= 0.3 is 0 Å². The summed E-state index contributed by atoms with van der Waals surface area (Å²) in [7, 11) is 5.55. The Labute approximate surface area is 149 Å². The molecule has 1 N–H and O–H groups in total. The monoisotopic (exact) mass is 342 g/mol. The van der Waals surface area contributed by atoms with Crippen molar-refractivity contribution in [2.45, 2.75) is 13.0 Å². The maximum Gasteiger partial charge on any atom is 0.258 e. The van der Waals surface area contributed by atoms with Gasteiger partial charge in [-0.25, -0.2) is 0 Å². The molecule has 5 heteroatoms. The van der Waals surface area contributed by atoms with Crippen molar-refractivity contribution in [2.24, 2.45) is 0 Å². The highest BCUT2D eigenvalue weighted by Crippen LogP contribution is 2.27. The summed E-state index contributed by atoms with van der Waals surface area (Å²) in [5, 5.41) is 3.04. The highest BCUT2D eigenvalue weighted by Gasteiger charge is 2.16. The maximum absolute atomic E-state index is 12.4. The van der Waals surface area contributed by atoms with Crippen molar-refractivity contribution in [2.75, 3.05) is 34.4 Å². The van der Waals surface area contributed by atoms with Gasteiger partial charge in [-0.15, -0.1) is 0 Å². The molecule has 5 nitrogen and oxygen atoms in total. The van der Waals surface area contributed by atoms with Crippen molar-refractivity contribution >= 4 is 5.91 Å². The number of carbonyl (C=O) groups is 1. The number of methoxy groups -OCH3 is 1. The average Bonchev–Trinajstić information content (AvgIpc) is 2.60. The van der Waals surface area contributed by atoms with E-state index < -0.39 is 0 Å². The molecule has 0 unspecified atom stereocenters. The van der Waals surface area contributed by atoms with E-state index in [4.69, 9.17) is 9.47 Å². The van der Waals surface area contributed by atoms with E-state index in [9.17, 15) is 4.79 Å². The predicted octanol–water partition coefficient (Wildman–Crippen LogP) is 2.80. The van der Waals surface area contributed by atoms with E-state index in [-0.39, 0.29) is 18.6 Å². The number of amides is 1. The van der Waals surface area contributed by atoms with E-state index in [0.29, 0.717) is 18.0 Å². The molecule has 0 saturated carbocycles. The van der Waals surface area contributed by atoms with Crippen LogP contribution in [0.3, 0.4) is 0 Å². The topological polar surface area (TPSA) is 50.8 Å². The molecule has 2 aromatic carbocycles. The maximum atomic E-state index is 12.4. The van der Waals surface area contributed by atoms with Gasteiger partial charge in [-0.3, -0.25) is 4.79 Å². The molecule has 0 saturated heterocycles. The predicted molar refractivity (Wildman–Crippen MR) is 99.1 cm³/mol. The highest BCUT2D eigenvalue weighted by molar-refractivity contribution is 5.78. The van der Waals surface area contributed by atoms with Gasteiger partial charge in [-0.2, -0.15) is 0 Å². The summed E-state index contributed by atoms with van der Waals surface area (Å²) in [5.41, 5.74) is 2.14. The Kier molecular flexibility index (Phi) is 6.83. The van der Waals surface area contributed by atoms with Crippen LogP contribution in [0.1, 0.15) is 17.2 Å². The minimum absolute atomic E-state index is 0.0593. The van der Waals surface area contributed by atoms with Gasteiger partial charge in [-0.1, -0.05) is 36.4 Å². The van der Waals surface area contributed by atoms with Crippen molar-refractivity contribution < 1.29 is 14.3 Å². The number of nitrogens with zero attached hydrogens (tertiary/aromatic N) is 1. The molecule has 1 amide bonds. The number of carbonyl (C=O) groups excluding carboxylic acids is 1. The normalized spacial score (nSPS) is 11.9. The third-order valence-electron chi connectivity index (χ3n) is 3.76. The summed E-state index contributed by atoms with van der Waals surface area (Å²) in [6, 6.07) is 15.5. The number of benzene rings is 2. The lowest BCUT2D eigenvalue weighted by Gasteiger charge is -2.23. The molecule has 0 fully saturated rings. The zero-order valence-corrected chi connectivity index (χ0v) is 15.3. The van der Waals surface area contributed by atoms with Gasteiger partial charge < -0.3 is 19.7 Å². The summed E-state index contributed by atoms with van der Waals surface area (Å²) in [4.78, 5) is 14.4. The van der Waals surface area contributed by atoms with Crippen LogP contribution in [-0.4, -0.2) is 45.2 Å². The summed E-state index contributed by atoms with van der Waals surface area (Å²) in [5.74, 6) is 1.02. The van der Waals surface area contributed by atoms with Crippen LogP contribution in [0.4, 0.5) is 0 Å². The minimum atomic E-state index is -0.168. The van der Waals surface area contributed by atoms with Crippen molar-refractivity contribution in [3.05, 3.63) is 59.7 Å². The molecule has 0 radical (unpaired) electrons. The molecule has 134 valence electrons. The van der Waals surface area contributed by atoms with Gasteiger partial charge in [0.1, 0.15) is 0 Å². The zero-order valence-electron chi connectivity index (χ0n) is 15.3. The molecule has 2 rings (SSSR count). The fourth-order valence-electron chi connectivity index (χ4n) is 2.56. The first kappa shape index (κ1) is 18.8. The lowest BCUT2D eigenvalue weighted by Crippen LogP contribution is -2.37. The first-order chi connectivity index (χ1) is 12.0. The SMILES string of the molecule is COc1cc(C)ccc1OCC(=O)N[C@@H](CN(C)C)c1ccccc1. The summed E-state index contributed by atoms with van der Waals surface area (Å²) in [6.45, 7) is 2.63. The van der Waals surface area contributed by atoms with E-state index in [1.54, 1.807) is 7.11 Å². The second kappa shape index (κ2) is 9.08. The van der Waals surface area contributed by atoms with Crippen LogP contribution in [0.15, 0.2) is 48.5 Å². The van der Waals surface area contributed by atoms with Crippen LogP contribution in [0.5, 0.6) is 11.5 Å². The molecule has 0 aliphatic heterocycles. The van der Waals surface area contributed by atoms with Crippen LogP contribution in [0.25, 0.3) is 0 Å². The van der Waals surface area contributed by atoms with E-state index in [2.05, 4.69) is 5.32 Å². The number of aryl methyl sites for hydroxylation is 1. The standard InChI is InChI=1S/C20H26N2O3/c1-15-10-11-18(19(12-15)24-4)25-14-20(23)21-17(13-22(2)3)16-8-6-5-7-9-16/h5-12,17H,13-14H2,1-4H3,(H,21,23)/t17-/m0/s1. The summed E-state index contributed by atoms with van der Waals surface area (Å²) < 4.78 is 10.9. The second-order valence-corrected chi connectivity index (χ2v) is 6.24. The zero-order chi connectivity index (χ0) is 18.2. The average molecular weight is 342 g/mol. The highest BCUT2D eigenvalue weighted by atomic mass is 16.5. The lowest BCUT2D eigenvalue weighted by molar-refractivity contribution is -0.124. The molecule has 0 bridgehead atoms. The van der Waals surface area contributed by atoms with Gasteiger partial charge in [0.25, 0.3) is 5.91 Å². The molecule has 0 aliphatic rings. The van der Waals surface area contributed by atoms with Crippen LogP contribution >= 0.6 is 0 Å². The van der Waals surface area contributed by atoms with Crippen LogP contribution in [0, 0.1) is 6.92 Å². The van der Waals surface area contributed by atoms with E-state index >= 15 is 0 Å². The minimum Gasteiger partial charge on any atom is -0.493 e. The van der Waals surface area contributed by atoms with Crippen molar-refractivity contribution in [1.29, 1.82) is 0 Å². The van der Waals surface area contributed by atoms with E-state index in [0.717, 1.165) is 11.1 Å². The van der Waals surface area contributed by atoms with Crippen LogP contribution in [0.2, 0.25) is 0 Å². The van der Waals surface area contributed by atoms with Gasteiger partial charge in [0.05, 0.1) is 13.2 Å². The number of ether oxygens (including phenoxy) is 2. The Hall–Kier alpha value is -2.53. The van der Waals surface area contributed by atoms with Gasteiger partial charge in [0.15, 0.2) is 18.1 Å². The number of nitrogens with one attached hydrogen (secondary N) is 1. The molecule has 25 heavy (non-hydrogen) atoms. The number of likely N-dealkylation sites (N-methyl/N-ethyl adjacent to an activating group) is 1. The van der Waals surface area contributed by atoms with Crippen molar-refractivity contribution in [3.8, 4) is 11.5 Å². The van der Waals surface area contributed by atoms with Crippen LogP contribution in [-0.2, 0) is 4.79 Å². The molecular formula is C20H26N2O3. The fraction of sp³-hybridized carbons (Fsp3) is 0.350. The van der Waals surface area contributed by atoms with Gasteiger partial charge in [0.2, 0.25) is 0 Å². The van der Waals surface area contributed by atoms with Crippen LogP contribution < -0.4 is 14.8 Å². The Morgan fingerprint density at radius 1 is 1.12 bits per heavy atom. The second-order valence-electron chi connectivity index (χ2n) is 6.24. The smallest absolute Gasteiger partial charge is 0.258 e. The number of rotatable bonds is 8.